The van der Waals surface area contributed by atoms with Gasteiger partial charge in [0.25, 0.3) is 5.91 Å². The molecule has 3 heterocycles. The van der Waals surface area contributed by atoms with E-state index in [-0.39, 0.29) is 23.0 Å². The Hall–Kier alpha value is -3.01. The summed E-state index contributed by atoms with van der Waals surface area (Å²) in [4.78, 5) is 12.7. The van der Waals surface area contributed by atoms with Gasteiger partial charge in [-0.3, -0.25) is 14.2 Å². The van der Waals surface area contributed by atoms with Crippen molar-refractivity contribution in [3.8, 4) is 0 Å². The third-order valence-corrected chi connectivity index (χ3v) is 6.21. The van der Waals surface area contributed by atoms with E-state index in [2.05, 4.69) is 15.5 Å². The molecular formula is C18H18FN5O3S. The fraction of sp³-hybridized carbons (Fsp3) is 0.278. The van der Waals surface area contributed by atoms with Gasteiger partial charge in [-0.05, 0) is 17.7 Å². The van der Waals surface area contributed by atoms with Crippen molar-refractivity contribution in [3.05, 3.63) is 65.0 Å². The molecule has 0 saturated heterocycles. The van der Waals surface area contributed by atoms with Crippen LogP contribution in [0, 0.1) is 5.82 Å². The number of benzene rings is 1. The molecule has 0 aliphatic carbocycles. The number of sulfone groups is 1. The van der Waals surface area contributed by atoms with E-state index in [4.69, 9.17) is 0 Å². The van der Waals surface area contributed by atoms with Crippen molar-refractivity contribution in [2.24, 2.45) is 7.05 Å². The Bertz CT molecular complexity index is 1150. The first-order valence-corrected chi connectivity index (χ1v) is 10.5. The van der Waals surface area contributed by atoms with E-state index in [1.54, 1.807) is 34.7 Å². The fourth-order valence-electron chi connectivity index (χ4n) is 3.28. The van der Waals surface area contributed by atoms with E-state index in [1.807, 2.05) is 0 Å². The molecule has 0 saturated carbocycles. The number of nitrogens with one attached hydrogen (secondary N) is 1. The second-order valence-electron chi connectivity index (χ2n) is 6.75. The fourth-order valence-corrected chi connectivity index (χ4v) is 4.67. The quantitative estimate of drug-likeness (QED) is 0.712. The van der Waals surface area contributed by atoms with Crippen molar-refractivity contribution in [2.75, 3.05) is 11.1 Å². The number of rotatable bonds is 4. The van der Waals surface area contributed by atoms with Crippen molar-refractivity contribution < 1.29 is 17.6 Å². The van der Waals surface area contributed by atoms with Gasteiger partial charge in [-0.2, -0.15) is 10.2 Å². The van der Waals surface area contributed by atoms with Crippen molar-refractivity contribution in [1.82, 2.24) is 19.6 Å². The number of carbonyl (C=O) groups is 1. The molecule has 10 heteroatoms. The molecule has 146 valence electrons. The van der Waals surface area contributed by atoms with Crippen LogP contribution in [-0.4, -0.2) is 39.6 Å². The lowest BCUT2D eigenvalue weighted by molar-refractivity contribution is 0.102. The predicted molar refractivity (Wildman–Crippen MR) is 100 cm³/mol. The highest BCUT2D eigenvalue weighted by Crippen LogP contribution is 2.24. The summed E-state index contributed by atoms with van der Waals surface area (Å²) in [6.07, 6.45) is 3.49. The number of halogens is 1. The van der Waals surface area contributed by atoms with E-state index >= 15 is 0 Å². The topological polar surface area (TPSA) is 98.9 Å². The Morgan fingerprint density at radius 1 is 1.29 bits per heavy atom. The van der Waals surface area contributed by atoms with Crippen LogP contribution in [0.3, 0.4) is 0 Å². The molecule has 4 rings (SSSR count). The summed E-state index contributed by atoms with van der Waals surface area (Å²) >= 11 is 0. The zero-order chi connectivity index (χ0) is 19.9. The molecular weight excluding hydrogens is 385 g/mol. The van der Waals surface area contributed by atoms with Crippen LogP contribution in [0.4, 0.5) is 10.1 Å². The van der Waals surface area contributed by atoms with Crippen LogP contribution in [0.15, 0.2) is 36.7 Å². The van der Waals surface area contributed by atoms with Crippen LogP contribution >= 0.6 is 0 Å². The largest absolute Gasteiger partial charge is 0.318 e. The third-order valence-electron chi connectivity index (χ3n) is 4.65. The smallest absolute Gasteiger partial charge is 0.276 e. The Morgan fingerprint density at radius 3 is 2.79 bits per heavy atom. The van der Waals surface area contributed by atoms with E-state index in [9.17, 15) is 17.6 Å². The molecule has 0 radical (unpaired) electrons. The first-order valence-electron chi connectivity index (χ1n) is 8.64. The maximum atomic E-state index is 13.0. The van der Waals surface area contributed by atoms with Crippen LogP contribution in [0.25, 0.3) is 0 Å². The Balaban J connectivity index is 1.51. The summed E-state index contributed by atoms with van der Waals surface area (Å²) in [6, 6.07) is 6.07. The SMILES string of the molecule is Cn1nc(C(=O)Nc2cnn(Cc3ccc(F)cc3)c2)c2c1CCS(=O)(=O)C2. The number of aryl methyl sites for hydroxylation is 1. The van der Waals surface area contributed by atoms with Crippen molar-refractivity contribution in [1.29, 1.82) is 0 Å². The lowest BCUT2D eigenvalue weighted by Gasteiger charge is -2.13. The minimum absolute atomic E-state index is 0.0662. The molecule has 0 spiro atoms. The standard InChI is InChI=1S/C18H18FN5O3S/c1-23-16-6-7-28(26,27)11-15(16)17(22-23)18(25)21-14-8-20-24(10-14)9-12-2-4-13(19)5-3-12/h2-5,8,10H,6-7,9,11H2,1H3,(H,21,25). The Morgan fingerprint density at radius 2 is 2.04 bits per heavy atom. The number of fused-ring (bicyclic) bond motifs is 1. The van der Waals surface area contributed by atoms with Gasteiger partial charge in [-0.1, -0.05) is 12.1 Å². The summed E-state index contributed by atoms with van der Waals surface area (Å²) in [5.41, 5.74) is 2.68. The molecule has 1 aliphatic heterocycles. The number of amides is 1. The zero-order valence-electron chi connectivity index (χ0n) is 15.1. The van der Waals surface area contributed by atoms with Crippen molar-refractivity contribution in [2.45, 2.75) is 18.7 Å². The second-order valence-corrected chi connectivity index (χ2v) is 8.93. The molecule has 28 heavy (non-hydrogen) atoms. The number of anilines is 1. The van der Waals surface area contributed by atoms with Crippen LogP contribution in [-0.2, 0) is 35.6 Å². The average molecular weight is 403 g/mol. The van der Waals surface area contributed by atoms with Crippen LogP contribution < -0.4 is 5.32 Å². The van der Waals surface area contributed by atoms with Gasteiger partial charge in [0, 0.05) is 30.9 Å². The molecule has 0 fully saturated rings. The van der Waals surface area contributed by atoms with Gasteiger partial charge >= 0.3 is 0 Å². The predicted octanol–water partition coefficient (Wildman–Crippen LogP) is 1.53. The lowest BCUT2D eigenvalue weighted by Crippen LogP contribution is -2.22. The monoisotopic (exact) mass is 403 g/mol. The van der Waals surface area contributed by atoms with Gasteiger partial charge in [0.05, 0.1) is 29.9 Å². The molecule has 2 aromatic heterocycles. The van der Waals surface area contributed by atoms with Gasteiger partial charge in [0.15, 0.2) is 15.5 Å². The first-order chi connectivity index (χ1) is 13.3. The summed E-state index contributed by atoms with van der Waals surface area (Å²) in [7, 11) is -1.52. The number of nitrogens with zero attached hydrogens (tertiary/aromatic N) is 4. The first kappa shape index (κ1) is 18.4. The molecule has 8 nitrogen and oxygen atoms in total. The van der Waals surface area contributed by atoms with Gasteiger partial charge in [0.2, 0.25) is 0 Å². The highest BCUT2D eigenvalue weighted by Gasteiger charge is 2.30. The third kappa shape index (κ3) is 3.68. The van der Waals surface area contributed by atoms with Crippen molar-refractivity contribution >= 4 is 21.4 Å². The number of carbonyl (C=O) groups excluding carboxylic acids is 1. The van der Waals surface area contributed by atoms with Gasteiger partial charge in [-0.25, -0.2) is 12.8 Å². The van der Waals surface area contributed by atoms with E-state index in [0.717, 1.165) is 11.3 Å². The minimum Gasteiger partial charge on any atom is -0.318 e. The maximum absolute atomic E-state index is 13.0. The van der Waals surface area contributed by atoms with Crippen LogP contribution in [0.2, 0.25) is 0 Å². The van der Waals surface area contributed by atoms with Gasteiger partial charge in [0.1, 0.15) is 5.82 Å². The molecule has 1 amide bonds. The van der Waals surface area contributed by atoms with Gasteiger partial charge in [-0.15, -0.1) is 0 Å². The molecule has 0 atom stereocenters. The van der Waals surface area contributed by atoms with E-state index < -0.39 is 15.7 Å². The molecule has 0 unspecified atom stereocenters. The number of aromatic nitrogens is 4. The Labute approximate surface area is 160 Å². The summed E-state index contributed by atoms with van der Waals surface area (Å²) in [6.45, 7) is 0.424. The maximum Gasteiger partial charge on any atom is 0.276 e. The molecule has 1 N–H and O–H groups in total. The number of hydrogen-bond acceptors (Lipinski definition) is 5. The molecule has 0 bridgehead atoms. The molecule has 1 aromatic carbocycles. The molecule has 3 aromatic rings. The Kier molecular flexibility index (Phi) is 4.50. The summed E-state index contributed by atoms with van der Waals surface area (Å²) < 4.78 is 40.1. The molecule has 1 aliphatic rings. The number of hydrogen-bond donors (Lipinski definition) is 1. The highest BCUT2D eigenvalue weighted by molar-refractivity contribution is 7.90. The normalized spacial score (nSPS) is 15.2. The van der Waals surface area contributed by atoms with E-state index in [0.29, 0.717) is 24.2 Å². The van der Waals surface area contributed by atoms with E-state index in [1.165, 1.54) is 18.3 Å². The second kappa shape index (κ2) is 6.86. The van der Waals surface area contributed by atoms with Crippen LogP contribution in [0.1, 0.15) is 27.3 Å². The summed E-state index contributed by atoms with van der Waals surface area (Å²) in [5.74, 6) is -0.896. The average Bonchev–Trinajstić information content (AvgIpc) is 3.20. The minimum atomic E-state index is -3.22. The van der Waals surface area contributed by atoms with Crippen molar-refractivity contribution in [3.63, 3.8) is 0 Å². The van der Waals surface area contributed by atoms with Crippen LogP contribution in [0.5, 0.6) is 0 Å². The summed E-state index contributed by atoms with van der Waals surface area (Å²) in [5, 5.41) is 11.1. The lowest BCUT2D eigenvalue weighted by atomic mass is 10.1. The van der Waals surface area contributed by atoms with Gasteiger partial charge < -0.3 is 5.32 Å². The highest BCUT2D eigenvalue weighted by atomic mass is 32.2. The zero-order valence-corrected chi connectivity index (χ0v) is 15.9.